The van der Waals surface area contributed by atoms with Gasteiger partial charge < -0.3 is 15.0 Å². The molecule has 0 aliphatic carbocycles. The Labute approximate surface area is 173 Å². The fourth-order valence-electron chi connectivity index (χ4n) is 2.41. The van der Waals surface area contributed by atoms with Crippen LogP contribution in [0.4, 0.5) is 13.2 Å². The van der Waals surface area contributed by atoms with E-state index in [9.17, 15) is 31.2 Å². The zero-order valence-corrected chi connectivity index (χ0v) is 17.6. The Morgan fingerprint density at radius 2 is 1.70 bits per heavy atom. The van der Waals surface area contributed by atoms with Crippen molar-refractivity contribution in [3.63, 3.8) is 0 Å². The van der Waals surface area contributed by atoms with Crippen molar-refractivity contribution in [3.05, 3.63) is 24.3 Å². The van der Waals surface area contributed by atoms with Gasteiger partial charge in [-0.05, 0) is 37.1 Å². The molecule has 2 N–H and O–H groups in total. The van der Waals surface area contributed by atoms with Crippen molar-refractivity contribution in [2.75, 3.05) is 26.2 Å². The lowest BCUT2D eigenvalue weighted by Crippen LogP contribution is -2.42. The highest BCUT2D eigenvalue weighted by atomic mass is 32.2. The van der Waals surface area contributed by atoms with Gasteiger partial charge in [-0.15, -0.1) is 13.2 Å². The summed E-state index contributed by atoms with van der Waals surface area (Å²) in [7, 11) is -4.03. The minimum Gasteiger partial charge on any atom is -0.406 e. The molecule has 0 aromatic heterocycles. The number of nitrogens with one attached hydrogen (secondary N) is 2. The largest absolute Gasteiger partial charge is 0.573 e. The number of benzene rings is 1. The average Bonchev–Trinajstić information content (AvgIpc) is 2.65. The van der Waals surface area contributed by atoms with Crippen LogP contribution in [0.15, 0.2) is 29.2 Å². The van der Waals surface area contributed by atoms with E-state index in [2.05, 4.69) is 14.8 Å². The maximum Gasteiger partial charge on any atom is 0.573 e. The summed E-state index contributed by atoms with van der Waals surface area (Å²) < 4.78 is 66.9. The molecule has 30 heavy (non-hydrogen) atoms. The van der Waals surface area contributed by atoms with E-state index in [1.165, 1.54) is 4.90 Å². The second-order valence-corrected chi connectivity index (χ2v) is 8.10. The zero-order valence-electron chi connectivity index (χ0n) is 16.8. The van der Waals surface area contributed by atoms with Gasteiger partial charge in [0.2, 0.25) is 21.8 Å². The zero-order chi connectivity index (χ0) is 22.8. The van der Waals surface area contributed by atoms with E-state index in [0.29, 0.717) is 19.5 Å². The molecule has 0 spiro atoms. The Bertz CT molecular complexity index is 798. The van der Waals surface area contributed by atoms with Gasteiger partial charge in [0.15, 0.2) is 0 Å². The van der Waals surface area contributed by atoms with Crippen molar-refractivity contribution >= 4 is 21.8 Å². The van der Waals surface area contributed by atoms with E-state index in [1.807, 2.05) is 13.8 Å². The summed E-state index contributed by atoms with van der Waals surface area (Å²) in [6, 6.07) is 3.69. The van der Waals surface area contributed by atoms with Crippen LogP contribution in [0, 0.1) is 0 Å². The predicted octanol–water partition coefficient (Wildman–Crippen LogP) is 2.02. The van der Waals surface area contributed by atoms with Gasteiger partial charge in [-0.1, -0.05) is 13.8 Å². The molecular weight excluding hydrogens is 427 g/mol. The van der Waals surface area contributed by atoms with Crippen LogP contribution in [0.5, 0.6) is 5.75 Å². The number of carbonyl (C=O) groups excluding carboxylic acids is 2. The fourth-order valence-corrected chi connectivity index (χ4v) is 3.44. The summed E-state index contributed by atoms with van der Waals surface area (Å²) in [6.07, 6.45) is -3.66. The van der Waals surface area contributed by atoms with Crippen molar-refractivity contribution in [1.82, 2.24) is 14.9 Å². The number of ether oxygens (including phenoxy) is 1. The Morgan fingerprint density at radius 1 is 1.07 bits per heavy atom. The Hall–Kier alpha value is -2.34. The molecule has 0 bridgehead atoms. The SMILES string of the molecule is CCCNC(=O)CN(CCC)C(=O)CCNS(=O)(=O)c1ccc(OC(F)(F)F)cc1. The van der Waals surface area contributed by atoms with E-state index in [-0.39, 0.29) is 36.2 Å². The number of hydrogen-bond donors (Lipinski definition) is 2. The quantitative estimate of drug-likeness (QED) is 0.504. The van der Waals surface area contributed by atoms with E-state index >= 15 is 0 Å². The van der Waals surface area contributed by atoms with E-state index in [4.69, 9.17) is 0 Å². The molecule has 0 aliphatic rings. The average molecular weight is 453 g/mol. The van der Waals surface area contributed by atoms with Crippen LogP contribution in [0.2, 0.25) is 0 Å². The van der Waals surface area contributed by atoms with Crippen molar-refractivity contribution < 1.29 is 35.9 Å². The number of rotatable bonds is 12. The highest BCUT2D eigenvalue weighted by Crippen LogP contribution is 2.23. The first-order chi connectivity index (χ1) is 14.0. The van der Waals surface area contributed by atoms with E-state index in [1.54, 1.807) is 0 Å². The molecule has 1 aromatic carbocycles. The van der Waals surface area contributed by atoms with Gasteiger partial charge in [-0.25, -0.2) is 13.1 Å². The predicted molar refractivity (Wildman–Crippen MR) is 103 cm³/mol. The Kier molecular flexibility index (Phi) is 10.1. The molecule has 2 amide bonds. The monoisotopic (exact) mass is 453 g/mol. The third kappa shape index (κ3) is 9.44. The van der Waals surface area contributed by atoms with Crippen molar-refractivity contribution in [2.24, 2.45) is 0 Å². The van der Waals surface area contributed by atoms with Crippen LogP contribution >= 0.6 is 0 Å². The van der Waals surface area contributed by atoms with Gasteiger partial charge in [-0.3, -0.25) is 9.59 Å². The minimum atomic E-state index is -4.88. The third-order valence-electron chi connectivity index (χ3n) is 3.75. The van der Waals surface area contributed by atoms with Gasteiger partial charge in [0, 0.05) is 26.1 Å². The van der Waals surface area contributed by atoms with Crippen LogP contribution < -0.4 is 14.8 Å². The number of halogens is 3. The number of amides is 2. The van der Waals surface area contributed by atoms with Crippen molar-refractivity contribution in [1.29, 1.82) is 0 Å². The molecule has 0 unspecified atom stereocenters. The van der Waals surface area contributed by atoms with Gasteiger partial charge in [-0.2, -0.15) is 0 Å². The van der Waals surface area contributed by atoms with E-state index < -0.39 is 22.1 Å². The maximum atomic E-state index is 12.3. The van der Waals surface area contributed by atoms with Gasteiger partial charge in [0.25, 0.3) is 0 Å². The van der Waals surface area contributed by atoms with Crippen LogP contribution in [-0.2, 0) is 19.6 Å². The minimum absolute atomic E-state index is 0.111. The third-order valence-corrected chi connectivity index (χ3v) is 5.23. The standard InChI is InChI=1S/C18H26F3N3O5S/c1-3-10-22-16(25)13-24(12-4-2)17(26)9-11-23-30(27,28)15-7-5-14(6-8-15)29-18(19,20)21/h5-8,23H,3-4,9-13H2,1-2H3,(H,22,25). The second kappa shape index (κ2) is 11.7. The topological polar surface area (TPSA) is 105 Å². The van der Waals surface area contributed by atoms with Crippen LogP contribution in [-0.4, -0.2) is 57.7 Å². The highest BCUT2D eigenvalue weighted by molar-refractivity contribution is 7.89. The van der Waals surface area contributed by atoms with Crippen molar-refractivity contribution in [2.45, 2.75) is 44.4 Å². The van der Waals surface area contributed by atoms with Crippen molar-refractivity contribution in [3.8, 4) is 5.75 Å². The molecule has 8 nitrogen and oxygen atoms in total. The summed E-state index contributed by atoms with van der Waals surface area (Å²) in [5.74, 6) is -1.23. The number of carbonyl (C=O) groups is 2. The number of nitrogens with zero attached hydrogens (tertiary/aromatic N) is 1. The molecule has 1 rings (SSSR count). The molecule has 0 saturated carbocycles. The fraction of sp³-hybridized carbons (Fsp3) is 0.556. The first-order valence-electron chi connectivity index (χ1n) is 9.38. The van der Waals surface area contributed by atoms with Gasteiger partial charge in [0.05, 0.1) is 11.4 Å². The summed E-state index contributed by atoms with van der Waals surface area (Å²) in [6.45, 7) is 4.27. The second-order valence-electron chi connectivity index (χ2n) is 6.33. The first-order valence-corrected chi connectivity index (χ1v) is 10.9. The molecular formula is C18H26F3N3O5S. The van der Waals surface area contributed by atoms with E-state index in [0.717, 1.165) is 30.7 Å². The lowest BCUT2D eigenvalue weighted by atomic mass is 10.3. The summed E-state index contributed by atoms with van der Waals surface area (Å²) >= 11 is 0. The highest BCUT2D eigenvalue weighted by Gasteiger charge is 2.31. The molecule has 12 heteroatoms. The molecule has 1 aromatic rings. The van der Waals surface area contributed by atoms with Gasteiger partial charge in [0.1, 0.15) is 5.75 Å². The first kappa shape index (κ1) is 25.7. The Balaban J connectivity index is 2.62. The van der Waals surface area contributed by atoms with Crippen LogP contribution in [0.1, 0.15) is 33.1 Å². The molecule has 0 fully saturated rings. The maximum absolute atomic E-state index is 12.3. The van der Waals surface area contributed by atoms with Gasteiger partial charge >= 0.3 is 6.36 Å². The Morgan fingerprint density at radius 3 is 2.23 bits per heavy atom. The molecule has 0 aliphatic heterocycles. The lowest BCUT2D eigenvalue weighted by molar-refractivity contribution is -0.274. The smallest absolute Gasteiger partial charge is 0.406 e. The number of alkyl halides is 3. The van der Waals surface area contributed by atoms with Crippen LogP contribution in [0.3, 0.4) is 0 Å². The normalized spacial score (nSPS) is 11.8. The molecule has 0 saturated heterocycles. The molecule has 0 heterocycles. The molecule has 0 atom stereocenters. The summed E-state index contributed by atoms with van der Waals surface area (Å²) in [5, 5.41) is 2.67. The molecule has 170 valence electrons. The van der Waals surface area contributed by atoms with Crippen LogP contribution in [0.25, 0.3) is 0 Å². The number of hydrogen-bond acceptors (Lipinski definition) is 5. The number of sulfonamides is 1. The summed E-state index contributed by atoms with van der Waals surface area (Å²) in [5.41, 5.74) is 0. The lowest BCUT2D eigenvalue weighted by Gasteiger charge is -2.21. The summed E-state index contributed by atoms with van der Waals surface area (Å²) in [4.78, 5) is 25.2. The molecule has 0 radical (unpaired) electrons.